The lowest BCUT2D eigenvalue weighted by Gasteiger charge is -2.41. The fourth-order valence-electron chi connectivity index (χ4n) is 3.39. The summed E-state index contributed by atoms with van der Waals surface area (Å²) in [4.78, 5) is 39.2. The van der Waals surface area contributed by atoms with Crippen molar-refractivity contribution in [3.63, 3.8) is 0 Å². The van der Waals surface area contributed by atoms with Gasteiger partial charge in [-0.15, -0.1) is 0 Å². The van der Waals surface area contributed by atoms with E-state index in [1.807, 2.05) is 0 Å². The monoisotopic (exact) mass is 420 g/mol. The van der Waals surface area contributed by atoms with Crippen LogP contribution in [0.1, 0.15) is 26.4 Å². The summed E-state index contributed by atoms with van der Waals surface area (Å²) in [6.07, 6.45) is 1.17. The first-order valence-corrected chi connectivity index (χ1v) is 9.20. The molecule has 2 aliphatic heterocycles. The molecule has 9 nitrogen and oxygen atoms in total. The molecule has 0 atom stereocenters. The zero-order chi connectivity index (χ0) is 21.4. The molecule has 2 N–H and O–H groups in total. The lowest BCUT2D eigenvalue weighted by Crippen LogP contribution is -2.57. The first-order valence-electron chi connectivity index (χ1n) is 9.20. The van der Waals surface area contributed by atoms with E-state index in [4.69, 9.17) is 4.74 Å². The van der Waals surface area contributed by atoms with Crippen LogP contribution in [0, 0.1) is 11.6 Å². The summed E-state index contributed by atoms with van der Waals surface area (Å²) in [6, 6.07) is 2.91. The SMILES string of the molecule is O=C(NCc1ccc(F)cc1F)c1cn2c(c(O)c1=O)C(=O)N1CCOCCN2C1. The highest BCUT2D eigenvalue weighted by atomic mass is 19.1. The molecule has 158 valence electrons. The molecule has 2 aromatic rings. The molecule has 0 spiro atoms. The molecular formula is C19H18F2N4O5. The molecule has 30 heavy (non-hydrogen) atoms. The average Bonchev–Trinajstić information content (AvgIpc) is 2.68. The number of benzene rings is 1. The Balaban J connectivity index is 1.65. The lowest BCUT2D eigenvalue weighted by atomic mass is 10.1. The average molecular weight is 420 g/mol. The number of pyridine rings is 1. The largest absolute Gasteiger partial charge is 0.502 e. The molecule has 1 fully saturated rings. The number of nitrogens with one attached hydrogen (secondary N) is 1. The number of hydrogen-bond donors (Lipinski definition) is 2. The molecule has 0 unspecified atom stereocenters. The van der Waals surface area contributed by atoms with Gasteiger partial charge in [-0.3, -0.25) is 24.1 Å². The van der Waals surface area contributed by atoms with Gasteiger partial charge >= 0.3 is 0 Å². The van der Waals surface area contributed by atoms with E-state index in [9.17, 15) is 28.3 Å². The van der Waals surface area contributed by atoms with Crippen molar-refractivity contribution in [3.8, 4) is 5.75 Å². The van der Waals surface area contributed by atoms with Gasteiger partial charge in [0.1, 0.15) is 23.9 Å². The van der Waals surface area contributed by atoms with Crippen LogP contribution in [-0.4, -0.2) is 59.5 Å². The molecule has 2 bridgehead atoms. The minimum absolute atomic E-state index is 0.0266. The van der Waals surface area contributed by atoms with Gasteiger partial charge in [0, 0.05) is 30.9 Å². The predicted molar refractivity (Wildman–Crippen MR) is 99.7 cm³/mol. The summed E-state index contributed by atoms with van der Waals surface area (Å²) in [7, 11) is 0. The molecule has 0 aliphatic carbocycles. The van der Waals surface area contributed by atoms with Crippen LogP contribution in [0.25, 0.3) is 0 Å². The van der Waals surface area contributed by atoms with Crippen molar-refractivity contribution in [1.82, 2.24) is 14.9 Å². The van der Waals surface area contributed by atoms with Crippen molar-refractivity contribution >= 4 is 11.8 Å². The Labute approximate surface area is 169 Å². The number of aromatic hydroxyl groups is 1. The number of carbonyl (C=O) groups excluding carboxylic acids is 2. The lowest BCUT2D eigenvalue weighted by molar-refractivity contribution is 0.0473. The summed E-state index contributed by atoms with van der Waals surface area (Å²) >= 11 is 0. The minimum atomic E-state index is -1.01. The highest BCUT2D eigenvalue weighted by molar-refractivity contribution is 5.99. The number of carbonyl (C=O) groups is 2. The van der Waals surface area contributed by atoms with Crippen molar-refractivity contribution in [2.24, 2.45) is 0 Å². The van der Waals surface area contributed by atoms with Crippen molar-refractivity contribution in [1.29, 1.82) is 0 Å². The summed E-state index contributed by atoms with van der Waals surface area (Å²) in [5.74, 6) is -3.85. The first kappa shape index (κ1) is 19.8. The highest BCUT2D eigenvalue weighted by Gasteiger charge is 2.34. The molecule has 0 radical (unpaired) electrons. The van der Waals surface area contributed by atoms with Gasteiger partial charge in [0.2, 0.25) is 5.43 Å². The summed E-state index contributed by atoms with van der Waals surface area (Å²) < 4.78 is 33.5. The quantitative estimate of drug-likeness (QED) is 0.733. The molecule has 1 aromatic carbocycles. The van der Waals surface area contributed by atoms with E-state index in [1.165, 1.54) is 21.8 Å². The third-order valence-electron chi connectivity index (χ3n) is 4.99. The maximum absolute atomic E-state index is 13.8. The summed E-state index contributed by atoms with van der Waals surface area (Å²) in [5, 5.41) is 14.4. The van der Waals surface area contributed by atoms with Crippen LogP contribution < -0.4 is 15.8 Å². The van der Waals surface area contributed by atoms with E-state index in [0.717, 1.165) is 6.07 Å². The van der Waals surface area contributed by atoms with E-state index in [1.54, 1.807) is 5.01 Å². The van der Waals surface area contributed by atoms with Gasteiger partial charge in [0.15, 0.2) is 11.4 Å². The van der Waals surface area contributed by atoms with E-state index < -0.39 is 40.2 Å². The van der Waals surface area contributed by atoms with Crippen molar-refractivity contribution < 1.29 is 28.2 Å². The van der Waals surface area contributed by atoms with Crippen LogP contribution in [-0.2, 0) is 11.3 Å². The molecule has 3 heterocycles. The number of fused-ring (bicyclic) bond motifs is 4. The molecular weight excluding hydrogens is 402 g/mol. The fraction of sp³-hybridized carbons (Fsp3) is 0.316. The number of rotatable bonds is 3. The molecule has 4 rings (SSSR count). The van der Waals surface area contributed by atoms with Gasteiger partial charge in [-0.25, -0.2) is 8.78 Å². The Bertz CT molecular complexity index is 1090. The van der Waals surface area contributed by atoms with Crippen LogP contribution in [0.3, 0.4) is 0 Å². The maximum Gasteiger partial charge on any atom is 0.277 e. The van der Waals surface area contributed by atoms with Crippen LogP contribution in [0.5, 0.6) is 5.75 Å². The topological polar surface area (TPSA) is 104 Å². The Morgan fingerprint density at radius 2 is 1.97 bits per heavy atom. The van der Waals surface area contributed by atoms with Gasteiger partial charge in [-0.2, -0.15) is 0 Å². The van der Waals surface area contributed by atoms with Gasteiger partial charge in [0.25, 0.3) is 11.8 Å². The van der Waals surface area contributed by atoms with Crippen LogP contribution in [0.4, 0.5) is 8.78 Å². The van der Waals surface area contributed by atoms with Crippen molar-refractivity contribution in [2.45, 2.75) is 6.54 Å². The number of hydrogen-bond acceptors (Lipinski definition) is 6. The Morgan fingerprint density at radius 3 is 2.73 bits per heavy atom. The third-order valence-corrected chi connectivity index (χ3v) is 4.99. The minimum Gasteiger partial charge on any atom is -0.502 e. The van der Waals surface area contributed by atoms with Crippen LogP contribution in [0.2, 0.25) is 0 Å². The molecule has 2 amide bonds. The number of amides is 2. The van der Waals surface area contributed by atoms with Crippen LogP contribution >= 0.6 is 0 Å². The third kappa shape index (κ3) is 3.47. The normalized spacial score (nSPS) is 16.0. The number of aromatic nitrogens is 1. The zero-order valence-electron chi connectivity index (χ0n) is 15.7. The summed E-state index contributed by atoms with van der Waals surface area (Å²) in [6.45, 7) is 1.27. The fourth-order valence-corrected chi connectivity index (χ4v) is 3.39. The maximum atomic E-state index is 13.8. The highest BCUT2D eigenvalue weighted by Crippen LogP contribution is 2.22. The molecule has 1 aromatic heterocycles. The van der Waals surface area contributed by atoms with Gasteiger partial charge < -0.3 is 20.1 Å². The molecule has 11 heteroatoms. The molecule has 0 saturated carbocycles. The van der Waals surface area contributed by atoms with Gasteiger partial charge in [-0.1, -0.05) is 6.07 Å². The Hall–Kier alpha value is -3.47. The Kier molecular flexibility index (Phi) is 5.12. The van der Waals surface area contributed by atoms with E-state index in [-0.39, 0.29) is 24.5 Å². The summed E-state index contributed by atoms with van der Waals surface area (Å²) in [5.41, 5.74) is -1.63. The smallest absolute Gasteiger partial charge is 0.277 e. The van der Waals surface area contributed by atoms with Crippen LogP contribution in [0.15, 0.2) is 29.2 Å². The number of ether oxygens (including phenoxy) is 1. The molecule has 2 aliphatic rings. The van der Waals surface area contributed by atoms with Gasteiger partial charge in [0.05, 0.1) is 19.8 Å². The standard InChI is InChI=1S/C19H18F2N4O5/c20-12-2-1-11(14(21)7-12)8-22-18(28)13-9-25-15(17(27)16(13)26)19(29)23-3-5-30-6-4-24(25)10-23/h1-2,7,9,27H,3-6,8,10H2,(H,22,28). The zero-order valence-corrected chi connectivity index (χ0v) is 15.7. The Morgan fingerprint density at radius 1 is 1.20 bits per heavy atom. The van der Waals surface area contributed by atoms with E-state index in [0.29, 0.717) is 32.4 Å². The second kappa shape index (κ2) is 7.75. The number of nitrogens with zero attached hydrogens (tertiary/aromatic N) is 3. The predicted octanol–water partition coefficient (Wildman–Crippen LogP) is 0.144. The van der Waals surface area contributed by atoms with E-state index in [2.05, 4.69) is 5.32 Å². The van der Waals surface area contributed by atoms with Crippen molar-refractivity contribution in [2.75, 3.05) is 38.0 Å². The second-order valence-electron chi connectivity index (χ2n) is 6.88. The van der Waals surface area contributed by atoms with Gasteiger partial charge in [-0.05, 0) is 6.07 Å². The van der Waals surface area contributed by atoms with Crippen molar-refractivity contribution in [3.05, 3.63) is 63.1 Å². The van der Waals surface area contributed by atoms with E-state index >= 15 is 0 Å². The second-order valence-corrected chi connectivity index (χ2v) is 6.88. The number of halogens is 2. The molecule has 1 saturated heterocycles. The first-order chi connectivity index (χ1) is 14.4.